The molecular weight excluding hydrogens is 459 g/mol. The first-order valence-corrected chi connectivity index (χ1v) is 12.6. The molecule has 0 radical (unpaired) electrons. The van der Waals surface area contributed by atoms with Gasteiger partial charge in [0.2, 0.25) is 15.9 Å². The highest BCUT2D eigenvalue weighted by atomic mass is 35.5. The fraction of sp³-hybridized carbons (Fsp3) is 0.409. The van der Waals surface area contributed by atoms with Crippen LogP contribution in [0.4, 0.5) is 0 Å². The number of carbonyl (C=O) groups excluding carboxylic acids is 1. The number of nitrogens with one attached hydrogen (secondary N) is 1. The summed E-state index contributed by atoms with van der Waals surface area (Å²) in [5.41, 5.74) is 1.36. The molecule has 1 saturated heterocycles. The smallest absolute Gasteiger partial charge is 0.223 e. The Morgan fingerprint density at radius 1 is 1.13 bits per heavy atom. The van der Waals surface area contributed by atoms with Gasteiger partial charge in [0.15, 0.2) is 0 Å². The van der Waals surface area contributed by atoms with E-state index in [0.717, 1.165) is 11.3 Å². The summed E-state index contributed by atoms with van der Waals surface area (Å²) < 4.78 is 32.6. The molecule has 0 unspecified atom stereocenters. The molecule has 1 N–H and O–H groups in total. The van der Waals surface area contributed by atoms with Crippen molar-refractivity contribution < 1.29 is 17.9 Å². The van der Waals surface area contributed by atoms with E-state index >= 15 is 0 Å². The van der Waals surface area contributed by atoms with Gasteiger partial charge in [-0.2, -0.15) is 0 Å². The molecule has 31 heavy (non-hydrogen) atoms. The van der Waals surface area contributed by atoms with Crippen molar-refractivity contribution in [1.29, 1.82) is 0 Å². The molecule has 1 heterocycles. The maximum absolute atomic E-state index is 12.8. The summed E-state index contributed by atoms with van der Waals surface area (Å²) in [6.07, 6.45) is 0.945. The Morgan fingerprint density at radius 2 is 1.77 bits per heavy atom. The number of piperidine rings is 1. The van der Waals surface area contributed by atoms with Crippen LogP contribution in [0.15, 0.2) is 42.5 Å². The van der Waals surface area contributed by atoms with Crippen molar-refractivity contribution in [1.82, 2.24) is 9.62 Å². The molecule has 6 nitrogen and oxygen atoms in total. The zero-order chi connectivity index (χ0) is 22.4. The van der Waals surface area contributed by atoms with E-state index < -0.39 is 10.0 Å². The van der Waals surface area contributed by atoms with Crippen molar-refractivity contribution in [3.8, 4) is 5.75 Å². The second-order valence-electron chi connectivity index (χ2n) is 7.43. The summed E-state index contributed by atoms with van der Waals surface area (Å²) in [6.45, 7) is 3.50. The highest BCUT2D eigenvalue weighted by Gasteiger charge is 2.31. The van der Waals surface area contributed by atoms with E-state index in [1.807, 2.05) is 31.2 Å². The molecule has 1 amide bonds. The molecule has 0 saturated carbocycles. The predicted molar refractivity (Wildman–Crippen MR) is 123 cm³/mol. The van der Waals surface area contributed by atoms with E-state index in [0.29, 0.717) is 54.7 Å². The molecule has 1 aliphatic rings. The standard InChI is InChI=1S/C22H26Cl2N2O4S/c1-2-30-18-6-3-5-16(13-18)14-25-22(27)17-9-11-26(12-10-17)31(28,29)15-19-20(23)7-4-8-21(19)24/h3-8,13,17H,2,9-12,14-15H2,1H3,(H,25,27). The first-order chi connectivity index (χ1) is 14.8. The topological polar surface area (TPSA) is 75.7 Å². The number of carbonyl (C=O) groups is 1. The van der Waals surface area contributed by atoms with Gasteiger partial charge in [0, 0.05) is 41.2 Å². The lowest BCUT2D eigenvalue weighted by Crippen LogP contribution is -2.43. The van der Waals surface area contributed by atoms with Crippen LogP contribution in [0, 0.1) is 5.92 Å². The monoisotopic (exact) mass is 484 g/mol. The maximum atomic E-state index is 12.8. The number of hydrogen-bond donors (Lipinski definition) is 1. The van der Waals surface area contributed by atoms with Crippen LogP contribution in [0.25, 0.3) is 0 Å². The Kier molecular flexibility index (Phi) is 8.22. The van der Waals surface area contributed by atoms with Crippen molar-refractivity contribution >= 4 is 39.1 Å². The van der Waals surface area contributed by atoms with Gasteiger partial charge in [0.1, 0.15) is 5.75 Å². The van der Waals surface area contributed by atoms with Crippen molar-refractivity contribution in [2.45, 2.75) is 32.1 Å². The number of rotatable bonds is 8. The van der Waals surface area contributed by atoms with Crippen LogP contribution in [0.3, 0.4) is 0 Å². The van der Waals surface area contributed by atoms with Crippen molar-refractivity contribution in [3.63, 3.8) is 0 Å². The van der Waals surface area contributed by atoms with E-state index in [1.165, 1.54) is 4.31 Å². The van der Waals surface area contributed by atoms with E-state index in [2.05, 4.69) is 5.32 Å². The third-order valence-electron chi connectivity index (χ3n) is 5.28. The number of amides is 1. The Labute approximate surface area is 193 Å². The van der Waals surface area contributed by atoms with Crippen molar-refractivity contribution in [2.75, 3.05) is 19.7 Å². The Balaban J connectivity index is 1.52. The third-order valence-corrected chi connectivity index (χ3v) is 7.80. The van der Waals surface area contributed by atoms with Gasteiger partial charge in [0.25, 0.3) is 0 Å². The van der Waals surface area contributed by atoms with Gasteiger partial charge < -0.3 is 10.1 Å². The molecule has 0 aliphatic carbocycles. The number of sulfonamides is 1. The number of hydrogen-bond acceptors (Lipinski definition) is 4. The normalized spacial score (nSPS) is 15.6. The summed E-state index contributed by atoms with van der Waals surface area (Å²) in [5, 5.41) is 3.61. The van der Waals surface area contributed by atoms with E-state index in [1.54, 1.807) is 18.2 Å². The van der Waals surface area contributed by atoms with E-state index in [4.69, 9.17) is 27.9 Å². The minimum Gasteiger partial charge on any atom is -0.494 e. The van der Waals surface area contributed by atoms with Gasteiger partial charge in [-0.15, -0.1) is 0 Å². The fourth-order valence-electron chi connectivity index (χ4n) is 3.59. The average Bonchev–Trinajstić information content (AvgIpc) is 2.75. The second-order valence-corrected chi connectivity index (χ2v) is 10.2. The lowest BCUT2D eigenvalue weighted by Gasteiger charge is -2.30. The first kappa shape index (κ1) is 23.9. The van der Waals surface area contributed by atoms with Crippen LogP contribution in [0.1, 0.15) is 30.9 Å². The summed E-state index contributed by atoms with van der Waals surface area (Å²) in [7, 11) is -3.58. The zero-order valence-electron chi connectivity index (χ0n) is 17.3. The minimum absolute atomic E-state index is 0.0620. The molecule has 9 heteroatoms. The van der Waals surface area contributed by atoms with Gasteiger partial charge >= 0.3 is 0 Å². The molecule has 0 spiro atoms. The molecule has 1 aliphatic heterocycles. The van der Waals surface area contributed by atoms with Crippen LogP contribution >= 0.6 is 23.2 Å². The quantitative estimate of drug-likeness (QED) is 0.607. The van der Waals surface area contributed by atoms with Gasteiger partial charge in [-0.05, 0) is 49.6 Å². The predicted octanol–water partition coefficient (Wildman–Crippen LogP) is 4.25. The van der Waals surface area contributed by atoms with Crippen molar-refractivity contribution in [2.24, 2.45) is 5.92 Å². The highest BCUT2D eigenvalue weighted by molar-refractivity contribution is 7.88. The zero-order valence-corrected chi connectivity index (χ0v) is 19.6. The Morgan fingerprint density at radius 3 is 2.42 bits per heavy atom. The largest absolute Gasteiger partial charge is 0.494 e. The van der Waals surface area contributed by atoms with Gasteiger partial charge in [-0.1, -0.05) is 41.4 Å². The Hall–Kier alpha value is -1.80. The SMILES string of the molecule is CCOc1cccc(CNC(=O)C2CCN(S(=O)(=O)Cc3c(Cl)cccc3Cl)CC2)c1. The Bertz CT molecular complexity index is 1000. The maximum Gasteiger partial charge on any atom is 0.223 e. The molecule has 0 atom stereocenters. The van der Waals surface area contributed by atoms with Crippen LogP contribution in [-0.4, -0.2) is 38.3 Å². The molecule has 1 fully saturated rings. The summed E-state index contributed by atoms with van der Waals surface area (Å²) >= 11 is 12.2. The van der Waals surface area contributed by atoms with E-state index in [-0.39, 0.29) is 17.6 Å². The van der Waals surface area contributed by atoms with E-state index in [9.17, 15) is 13.2 Å². The first-order valence-electron chi connectivity index (χ1n) is 10.2. The minimum atomic E-state index is -3.58. The molecule has 168 valence electrons. The second kappa shape index (κ2) is 10.7. The molecule has 2 aromatic carbocycles. The number of nitrogens with zero attached hydrogens (tertiary/aromatic N) is 1. The molecule has 0 aromatic heterocycles. The lowest BCUT2D eigenvalue weighted by atomic mass is 9.97. The van der Waals surface area contributed by atoms with Crippen LogP contribution in [-0.2, 0) is 27.1 Å². The third kappa shape index (κ3) is 6.35. The fourth-order valence-corrected chi connectivity index (χ4v) is 5.90. The van der Waals surface area contributed by atoms with Gasteiger partial charge in [-0.25, -0.2) is 12.7 Å². The van der Waals surface area contributed by atoms with Gasteiger partial charge in [-0.3, -0.25) is 4.79 Å². The summed E-state index contributed by atoms with van der Waals surface area (Å²) in [6, 6.07) is 12.5. The number of benzene rings is 2. The highest BCUT2D eigenvalue weighted by Crippen LogP contribution is 2.29. The molecule has 3 rings (SSSR count). The van der Waals surface area contributed by atoms with Crippen LogP contribution < -0.4 is 10.1 Å². The summed E-state index contributed by atoms with van der Waals surface area (Å²) in [5.74, 6) is 0.239. The number of ether oxygens (including phenoxy) is 1. The molecule has 2 aromatic rings. The van der Waals surface area contributed by atoms with Crippen molar-refractivity contribution in [3.05, 3.63) is 63.6 Å². The van der Waals surface area contributed by atoms with Gasteiger partial charge in [0.05, 0.1) is 12.4 Å². The molecule has 0 bridgehead atoms. The summed E-state index contributed by atoms with van der Waals surface area (Å²) in [4.78, 5) is 12.6. The average molecular weight is 485 g/mol. The number of halogens is 2. The lowest BCUT2D eigenvalue weighted by molar-refractivity contribution is -0.126. The molecular formula is C22H26Cl2N2O4S. The van der Waals surface area contributed by atoms with Crippen LogP contribution in [0.5, 0.6) is 5.75 Å². The van der Waals surface area contributed by atoms with Crippen LogP contribution in [0.2, 0.25) is 10.0 Å².